The van der Waals surface area contributed by atoms with Gasteiger partial charge < -0.3 is 9.64 Å². The van der Waals surface area contributed by atoms with Gasteiger partial charge in [0.05, 0.1) is 33.3 Å². The first-order valence-corrected chi connectivity index (χ1v) is 14.9. The smallest absolute Gasteiger partial charge is 0.254 e. The zero-order valence-electron chi connectivity index (χ0n) is 21.3. The van der Waals surface area contributed by atoms with Crippen LogP contribution in [-0.2, 0) is 22.1 Å². The molecule has 0 unspecified atom stereocenters. The lowest BCUT2D eigenvalue weighted by atomic mass is 10.1. The second-order valence-corrected chi connectivity index (χ2v) is 12.1. The Kier molecular flexibility index (Phi) is 8.09. The molecule has 1 amide bonds. The molecule has 1 aliphatic heterocycles. The van der Waals surface area contributed by atoms with Crippen molar-refractivity contribution in [3.63, 3.8) is 0 Å². The summed E-state index contributed by atoms with van der Waals surface area (Å²) >= 11 is 12.5. The molecule has 0 spiro atoms. The topological polar surface area (TPSA) is 79.8 Å². The number of carbonyl (C=O) groups is 1. The van der Waals surface area contributed by atoms with Gasteiger partial charge in [-0.3, -0.25) is 14.7 Å². The Morgan fingerprint density at radius 3 is 2.46 bits per heavy atom. The number of sulfone groups is 1. The van der Waals surface area contributed by atoms with Crippen LogP contribution in [0, 0.1) is 0 Å². The van der Waals surface area contributed by atoms with Crippen LogP contribution in [0.5, 0.6) is 5.75 Å². The second kappa shape index (κ2) is 11.5. The molecule has 7 nitrogen and oxygen atoms in total. The van der Waals surface area contributed by atoms with Crippen LogP contribution in [0.1, 0.15) is 21.5 Å². The van der Waals surface area contributed by atoms with Crippen LogP contribution in [0.4, 0.5) is 0 Å². The summed E-state index contributed by atoms with van der Waals surface area (Å²) in [5.74, 6) is -0.0429. The lowest BCUT2D eigenvalue weighted by Crippen LogP contribution is -2.48. The number of carbonyl (C=O) groups excluding carboxylic acids is 1. The van der Waals surface area contributed by atoms with E-state index in [0.29, 0.717) is 65.2 Å². The number of benzene rings is 3. The van der Waals surface area contributed by atoms with Gasteiger partial charge in [-0.05, 0) is 35.9 Å². The van der Waals surface area contributed by atoms with Gasteiger partial charge in [0.1, 0.15) is 5.75 Å². The maximum atomic E-state index is 13.4. The van der Waals surface area contributed by atoms with E-state index in [-0.39, 0.29) is 16.6 Å². The van der Waals surface area contributed by atoms with Crippen molar-refractivity contribution in [3.8, 4) is 5.75 Å². The first-order valence-electron chi connectivity index (χ1n) is 12.4. The van der Waals surface area contributed by atoms with Gasteiger partial charge in [0, 0.05) is 55.4 Å². The fraction of sp³-hybridized carbons (Fsp3) is 0.241. The van der Waals surface area contributed by atoms with Crippen molar-refractivity contribution in [2.45, 2.75) is 17.2 Å². The number of ether oxygens (including phenoxy) is 1. The van der Waals surface area contributed by atoms with Gasteiger partial charge in [-0.25, -0.2) is 8.42 Å². The molecule has 0 atom stereocenters. The van der Waals surface area contributed by atoms with Gasteiger partial charge in [0.2, 0.25) is 0 Å². The molecule has 0 N–H and O–H groups in total. The number of hydrogen-bond acceptors (Lipinski definition) is 6. The van der Waals surface area contributed by atoms with Crippen LogP contribution in [-0.4, -0.2) is 62.4 Å². The molecule has 5 rings (SSSR count). The number of aromatic nitrogens is 1. The van der Waals surface area contributed by atoms with Crippen molar-refractivity contribution < 1.29 is 17.9 Å². The van der Waals surface area contributed by atoms with Crippen molar-refractivity contribution in [2.75, 3.05) is 33.3 Å². The molecule has 1 aromatic heterocycles. The first kappa shape index (κ1) is 27.4. The summed E-state index contributed by atoms with van der Waals surface area (Å²) in [7, 11) is -2.25. The van der Waals surface area contributed by atoms with E-state index in [4.69, 9.17) is 27.9 Å². The summed E-state index contributed by atoms with van der Waals surface area (Å²) in [6.45, 7) is 3.17. The zero-order valence-corrected chi connectivity index (χ0v) is 23.6. The van der Waals surface area contributed by atoms with Crippen LogP contribution >= 0.6 is 23.2 Å². The van der Waals surface area contributed by atoms with E-state index in [0.717, 1.165) is 10.9 Å². The average Bonchev–Trinajstić information content (AvgIpc) is 2.95. The molecule has 4 aromatic rings. The normalized spacial score (nSPS) is 14.5. The Balaban J connectivity index is 1.28. The highest BCUT2D eigenvalue weighted by Gasteiger charge is 2.25. The minimum Gasteiger partial charge on any atom is -0.496 e. The molecule has 39 heavy (non-hydrogen) atoms. The Morgan fingerprint density at radius 1 is 0.949 bits per heavy atom. The molecule has 3 aromatic carbocycles. The van der Waals surface area contributed by atoms with Gasteiger partial charge in [0.25, 0.3) is 5.91 Å². The number of nitrogens with zero attached hydrogens (tertiary/aromatic N) is 3. The minimum atomic E-state index is -3.72. The highest BCUT2D eigenvalue weighted by Crippen LogP contribution is 2.30. The third-order valence-corrected chi connectivity index (χ3v) is 9.44. The average molecular weight is 585 g/mol. The molecule has 10 heteroatoms. The molecule has 0 aliphatic carbocycles. The van der Waals surface area contributed by atoms with E-state index >= 15 is 0 Å². The molecule has 1 fully saturated rings. The molecular formula is C29H27Cl2N3O4S. The highest BCUT2D eigenvalue weighted by molar-refractivity contribution is 7.90. The summed E-state index contributed by atoms with van der Waals surface area (Å²) in [6, 6.07) is 19.2. The lowest BCUT2D eigenvalue weighted by Gasteiger charge is -2.35. The monoisotopic (exact) mass is 583 g/mol. The van der Waals surface area contributed by atoms with Crippen LogP contribution in [0.3, 0.4) is 0 Å². The van der Waals surface area contributed by atoms with Gasteiger partial charge in [0.15, 0.2) is 9.84 Å². The van der Waals surface area contributed by atoms with Gasteiger partial charge >= 0.3 is 0 Å². The third kappa shape index (κ3) is 5.89. The Bertz CT molecular complexity index is 1630. The quantitative estimate of drug-likeness (QED) is 0.286. The molecule has 0 saturated carbocycles. The summed E-state index contributed by atoms with van der Waals surface area (Å²) in [5.41, 5.74) is 2.32. The summed E-state index contributed by atoms with van der Waals surface area (Å²) in [6.07, 6.45) is 1.58. The van der Waals surface area contributed by atoms with Gasteiger partial charge in [-0.15, -0.1) is 0 Å². The number of methoxy groups -OCH3 is 1. The fourth-order valence-corrected chi connectivity index (χ4v) is 6.74. The number of para-hydroxylation sites is 1. The number of hydrogen-bond donors (Lipinski definition) is 0. The summed E-state index contributed by atoms with van der Waals surface area (Å²) in [4.78, 5) is 21.8. The Morgan fingerprint density at radius 2 is 1.69 bits per heavy atom. The number of pyridine rings is 1. The van der Waals surface area contributed by atoms with Crippen molar-refractivity contribution in [2.24, 2.45) is 0 Å². The van der Waals surface area contributed by atoms with Crippen LogP contribution < -0.4 is 4.74 Å². The predicted octanol–water partition coefficient (Wildman–Crippen LogP) is 5.48. The van der Waals surface area contributed by atoms with Crippen molar-refractivity contribution >= 4 is 49.8 Å². The maximum Gasteiger partial charge on any atom is 0.254 e. The fourth-order valence-electron chi connectivity index (χ4n) is 4.81. The lowest BCUT2D eigenvalue weighted by molar-refractivity contribution is 0.0628. The van der Waals surface area contributed by atoms with E-state index in [2.05, 4.69) is 9.88 Å². The largest absolute Gasteiger partial charge is 0.496 e. The summed E-state index contributed by atoms with van der Waals surface area (Å²) < 4.78 is 32.2. The molecule has 2 heterocycles. The van der Waals surface area contributed by atoms with Gasteiger partial charge in [-0.1, -0.05) is 59.6 Å². The molecule has 1 aliphatic rings. The van der Waals surface area contributed by atoms with E-state index in [1.807, 2.05) is 24.3 Å². The molecule has 202 valence electrons. The van der Waals surface area contributed by atoms with E-state index in [9.17, 15) is 13.2 Å². The SMILES string of the molecule is COc1cc(C(=O)N2CCN(Cc3cccc(Cl)c3Cl)CC2)ccc1CS(=O)(=O)c1cccc2cccnc12. The maximum absolute atomic E-state index is 13.4. The first-order chi connectivity index (χ1) is 18.8. The molecule has 0 radical (unpaired) electrons. The van der Waals surface area contributed by atoms with E-state index in [1.165, 1.54) is 7.11 Å². The predicted molar refractivity (Wildman–Crippen MR) is 153 cm³/mol. The number of piperazine rings is 1. The minimum absolute atomic E-state index is 0.124. The standard InChI is InChI=1S/C29H27Cl2N3O4S/c1-38-25-17-21(29(35)34-15-13-33(14-16-34)18-22-6-2-8-24(30)27(22)31)10-11-23(25)19-39(36,37)26-9-3-5-20-7-4-12-32-28(20)26/h2-12,17H,13-16,18-19H2,1H3. The number of rotatable bonds is 7. The molecular weight excluding hydrogens is 557 g/mol. The Hall–Kier alpha value is -3.17. The third-order valence-electron chi connectivity index (χ3n) is 6.90. The van der Waals surface area contributed by atoms with Crippen LogP contribution in [0.25, 0.3) is 10.9 Å². The van der Waals surface area contributed by atoms with Crippen LogP contribution in [0.15, 0.2) is 77.8 Å². The number of fused-ring (bicyclic) bond motifs is 1. The van der Waals surface area contributed by atoms with Gasteiger partial charge in [-0.2, -0.15) is 0 Å². The van der Waals surface area contributed by atoms with Crippen LogP contribution in [0.2, 0.25) is 10.0 Å². The Labute approximate surface area is 237 Å². The zero-order chi connectivity index (χ0) is 27.6. The van der Waals surface area contributed by atoms with Crippen molar-refractivity contribution in [3.05, 3.63) is 99.7 Å². The van der Waals surface area contributed by atoms with Crippen molar-refractivity contribution in [1.29, 1.82) is 0 Å². The highest BCUT2D eigenvalue weighted by atomic mass is 35.5. The number of amides is 1. The summed E-state index contributed by atoms with van der Waals surface area (Å²) in [5, 5.41) is 1.84. The molecule has 1 saturated heterocycles. The molecule has 0 bridgehead atoms. The van der Waals surface area contributed by atoms with E-state index in [1.54, 1.807) is 53.6 Å². The van der Waals surface area contributed by atoms with Crippen molar-refractivity contribution in [1.82, 2.24) is 14.8 Å². The number of halogens is 2. The second-order valence-electron chi connectivity index (χ2n) is 9.40. The van der Waals surface area contributed by atoms with E-state index < -0.39 is 9.84 Å².